The van der Waals surface area contributed by atoms with Crippen LogP contribution in [0.15, 0.2) is 36.4 Å². The second-order valence-corrected chi connectivity index (χ2v) is 8.90. The summed E-state index contributed by atoms with van der Waals surface area (Å²) in [7, 11) is 0. The molecule has 4 atom stereocenters. The Labute approximate surface area is 178 Å². The van der Waals surface area contributed by atoms with Gasteiger partial charge in [-0.05, 0) is 61.3 Å². The zero-order chi connectivity index (χ0) is 21.1. The molecule has 2 aromatic carbocycles. The van der Waals surface area contributed by atoms with E-state index in [2.05, 4.69) is 31.2 Å². The van der Waals surface area contributed by atoms with Crippen molar-refractivity contribution >= 4 is 0 Å². The fraction of sp³-hybridized carbons (Fsp3) is 0.538. The molecule has 2 aromatic rings. The van der Waals surface area contributed by atoms with E-state index in [1.807, 2.05) is 0 Å². The molecule has 0 saturated carbocycles. The molecule has 0 amide bonds. The molecule has 0 N–H and O–H groups in total. The van der Waals surface area contributed by atoms with E-state index in [4.69, 9.17) is 9.47 Å². The number of benzene rings is 2. The van der Waals surface area contributed by atoms with Gasteiger partial charge in [-0.2, -0.15) is 0 Å². The minimum absolute atomic E-state index is 0.0738. The lowest BCUT2D eigenvalue weighted by molar-refractivity contribution is -0.0964. The molecule has 4 rings (SSSR count). The summed E-state index contributed by atoms with van der Waals surface area (Å²) >= 11 is 0. The van der Waals surface area contributed by atoms with Crippen LogP contribution in [-0.4, -0.2) is 19.3 Å². The molecule has 2 fully saturated rings. The van der Waals surface area contributed by atoms with Crippen LogP contribution in [0.2, 0.25) is 0 Å². The first kappa shape index (κ1) is 21.5. The Morgan fingerprint density at radius 1 is 0.867 bits per heavy atom. The third-order valence-electron chi connectivity index (χ3n) is 6.78. The van der Waals surface area contributed by atoms with Crippen LogP contribution in [0.4, 0.5) is 8.78 Å². The fourth-order valence-electron chi connectivity index (χ4n) is 4.88. The van der Waals surface area contributed by atoms with E-state index in [0.29, 0.717) is 30.3 Å². The zero-order valence-electron chi connectivity index (χ0n) is 18.0. The van der Waals surface area contributed by atoms with Crippen LogP contribution in [0, 0.1) is 24.5 Å². The van der Waals surface area contributed by atoms with Crippen LogP contribution in [0.3, 0.4) is 0 Å². The predicted molar refractivity (Wildman–Crippen MR) is 115 cm³/mol. The third-order valence-corrected chi connectivity index (χ3v) is 6.78. The smallest absolute Gasteiger partial charge is 0.162 e. The fourth-order valence-corrected chi connectivity index (χ4v) is 4.88. The van der Waals surface area contributed by atoms with E-state index in [-0.39, 0.29) is 18.1 Å². The minimum atomic E-state index is -0.732. The highest BCUT2D eigenvalue weighted by atomic mass is 19.2. The molecule has 30 heavy (non-hydrogen) atoms. The Kier molecular flexibility index (Phi) is 6.84. The summed E-state index contributed by atoms with van der Waals surface area (Å²) in [5, 5.41) is 0. The van der Waals surface area contributed by atoms with Crippen molar-refractivity contribution in [2.75, 3.05) is 13.2 Å². The first-order valence-electron chi connectivity index (χ1n) is 11.3. The van der Waals surface area contributed by atoms with Gasteiger partial charge in [0.05, 0.1) is 25.4 Å². The van der Waals surface area contributed by atoms with Gasteiger partial charge in [-0.15, -0.1) is 0 Å². The Hall–Kier alpha value is -1.78. The molecule has 0 aromatic heterocycles. The number of hydrogen-bond acceptors (Lipinski definition) is 2. The van der Waals surface area contributed by atoms with Crippen molar-refractivity contribution in [3.8, 4) is 0 Å². The maximum absolute atomic E-state index is 14.3. The lowest BCUT2D eigenvalue weighted by Gasteiger charge is -2.38. The summed E-state index contributed by atoms with van der Waals surface area (Å²) in [5.41, 5.74) is 3.43. The maximum atomic E-state index is 14.3. The van der Waals surface area contributed by atoms with E-state index in [1.54, 1.807) is 19.1 Å². The molecule has 2 nitrogen and oxygen atoms in total. The van der Waals surface area contributed by atoms with Crippen LogP contribution in [0.25, 0.3) is 0 Å². The van der Waals surface area contributed by atoms with Gasteiger partial charge in [0.2, 0.25) is 0 Å². The summed E-state index contributed by atoms with van der Waals surface area (Å²) in [4.78, 5) is 0. The second-order valence-electron chi connectivity index (χ2n) is 8.90. The van der Waals surface area contributed by atoms with Gasteiger partial charge in [0.1, 0.15) is 0 Å². The van der Waals surface area contributed by atoms with Crippen LogP contribution >= 0.6 is 0 Å². The summed E-state index contributed by atoms with van der Waals surface area (Å²) in [6.07, 6.45) is 6.35. The quantitative estimate of drug-likeness (QED) is 0.545. The van der Waals surface area contributed by atoms with Gasteiger partial charge in [0.15, 0.2) is 11.6 Å². The molecule has 2 aliphatic rings. The minimum Gasteiger partial charge on any atom is -0.377 e. The standard InChI is InChI=1S/C26H32F2O2/c1-3-4-18-6-8-19(9-7-18)23-14-11-21(16-30-23)24-13-10-20(15-29-24)22-12-5-17(2)25(27)26(22)28/h5-9,12,20-21,23-24H,3-4,10-11,13-16H2,1-2H3. The highest BCUT2D eigenvalue weighted by molar-refractivity contribution is 5.29. The van der Waals surface area contributed by atoms with Crippen molar-refractivity contribution in [1.82, 2.24) is 0 Å². The van der Waals surface area contributed by atoms with E-state index < -0.39 is 11.6 Å². The van der Waals surface area contributed by atoms with Crippen LogP contribution < -0.4 is 0 Å². The van der Waals surface area contributed by atoms with Crippen molar-refractivity contribution < 1.29 is 18.3 Å². The number of halogens is 2. The molecule has 4 heteroatoms. The first-order chi connectivity index (χ1) is 14.6. The SMILES string of the molecule is CCCc1ccc(C2CCC(C3CCC(c4ccc(C)c(F)c4F)CO3)CO2)cc1. The van der Waals surface area contributed by atoms with Gasteiger partial charge < -0.3 is 9.47 Å². The molecule has 4 unspecified atom stereocenters. The summed E-state index contributed by atoms with van der Waals surface area (Å²) in [6, 6.07) is 12.2. The number of aryl methyl sites for hydroxylation is 2. The van der Waals surface area contributed by atoms with E-state index in [9.17, 15) is 8.78 Å². The molecule has 2 heterocycles. The van der Waals surface area contributed by atoms with Gasteiger partial charge in [0.25, 0.3) is 0 Å². The van der Waals surface area contributed by atoms with E-state index in [0.717, 1.165) is 38.5 Å². The Balaban J connectivity index is 1.29. The van der Waals surface area contributed by atoms with Crippen molar-refractivity contribution in [3.63, 3.8) is 0 Å². The maximum Gasteiger partial charge on any atom is 0.162 e. The number of ether oxygens (including phenoxy) is 2. The van der Waals surface area contributed by atoms with Gasteiger partial charge in [-0.3, -0.25) is 0 Å². The Bertz CT molecular complexity index is 833. The lowest BCUT2D eigenvalue weighted by Crippen LogP contribution is -2.36. The zero-order valence-corrected chi connectivity index (χ0v) is 18.0. The Morgan fingerprint density at radius 2 is 1.67 bits per heavy atom. The van der Waals surface area contributed by atoms with Gasteiger partial charge in [0, 0.05) is 11.8 Å². The molecule has 0 spiro atoms. The lowest BCUT2D eigenvalue weighted by atomic mass is 9.84. The van der Waals surface area contributed by atoms with Crippen molar-refractivity contribution in [3.05, 3.63) is 70.3 Å². The molecular formula is C26H32F2O2. The molecule has 2 saturated heterocycles. The van der Waals surface area contributed by atoms with Gasteiger partial charge in [-0.1, -0.05) is 49.7 Å². The van der Waals surface area contributed by atoms with E-state index >= 15 is 0 Å². The normalized spacial score (nSPS) is 27.2. The Morgan fingerprint density at radius 3 is 2.30 bits per heavy atom. The molecular weight excluding hydrogens is 382 g/mol. The van der Waals surface area contributed by atoms with Crippen LogP contribution in [-0.2, 0) is 15.9 Å². The summed E-state index contributed by atoms with van der Waals surface area (Å²) in [6.45, 7) is 4.93. The van der Waals surface area contributed by atoms with Crippen molar-refractivity contribution in [1.29, 1.82) is 0 Å². The first-order valence-corrected chi connectivity index (χ1v) is 11.3. The molecule has 162 valence electrons. The monoisotopic (exact) mass is 414 g/mol. The van der Waals surface area contributed by atoms with Gasteiger partial charge >= 0.3 is 0 Å². The van der Waals surface area contributed by atoms with Crippen LogP contribution in [0.1, 0.15) is 73.3 Å². The highest BCUT2D eigenvalue weighted by Crippen LogP contribution is 2.38. The van der Waals surface area contributed by atoms with Crippen molar-refractivity contribution in [2.45, 2.75) is 70.5 Å². The molecule has 0 bridgehead atoms. The molecule has 0 radical (unpaired) electrons. The third kappa shape index (κ3) is 4.60. The molecule has 0 aliphatic carbocycles. The summed E-state index contributed by atoms with van der Waals surface area (Å²) in [5.74, 6) is -1.14. The average molecular weight is 415 g/mol. The van der Waals surface area contributed by atoms with E-state index in [1.165, 1.54) is 11.1 Å². The van der Waals surface area contributed by atoms with Gasteiger partial charge in [-0.25, -0.2) is 8.78 Å². The van der Waals surface area contributed by atoms with Crippen LogP contribution in [0.5, 0.6) is 0 Å². The number of hydrogen-bond donors (Lipinski definition) is 0. The van der Waals surface area contributed by atoms with Crippen molar-refractivity contribution in [2.24, 2.45) is 5.92 Å². The highest BCUT2D eigenvalue weighted by Gasteiger charge is 2.34. The topological polar surface area (TPSA) is 18.5 Å². The average Bonchev–Trinajstić information content (AvgIpc) is 2.79. The summed E-state index contributed by atoms with van der Waals surface area (Å²) < 4.78 is 40.6. The molecule has 2 aliphatic heterocycles. The number of rotatable bonds is 5. The largest absolute Gasteiger partial charge is 0.377 e. The predicted octanol–water partition coefficient (Wildman–Crippen LogP) is 6.66. The second kappa shape index (κ2) is 9.57.